The first-order chi connectivity index (χ1) is 12.0. The van der Waals surface area contributed by atoms with Crippen LogP contribution in [0, 0.1) is 5.92 Å². The molecule has 6 nitrogen and oxygen atoms in total. The second-order valence-electron chi connectivity index (χ2n) is 7.78. The van der Waals surface area contributed by atoms with E-state index in [0.29, 0.717) is 42.7 Å². The van der Waals surface area contributed by atoms with Crippen molar-refractivity contribution >= 4 is 11.7 Å². The zero-order chi connectivity index (χ0) is 17.8. The first kappa shape index (κ1) is 18.1. The number of amides is 1. The molecule has 1 aromatic rings. The fourth-order valence-electron chi connectivity index (χ4n) is 3.86. The van der Waals surface area contributed by atoms with Gasteiger partial charge in [0.25, 0.3) is 0 Å². The molecule has 138 valence electrons. The van der Waals surface area contributed by atoms with Crippen molar-refractivity contribution in [3.05, 3.63) is 11.7 Å². The lowest BCUT2D eigenvalue weighted by molar-refractivity contribution is -0.136. The van der Waals surface area contributed by atoms with E-state index >= 15 is 0 Å². The number of likely N-dealkylation sites (tertiary alicyclic amines) is 1. The van der Waals surface area contributed by atoms with Crippen LogP contribution in [0.5, 0.6) is 0 Å². The Hall–Kier alpha value is -1.72. The van der Waals surface area contributed by atoms with Gasteiger partial charge in [-0.3, -0.25) is 9.59 Å². The lowest BCUT2D eigenvalue weighted by Crippen LogP contribution is -2.36. The van der Waals surface area contributed by atoms with Crippen molar-refractivity contribution in [3.8, 4) is 0 Å². The minimum absolute atomic E-state index is 0.0727. The summed E-state index contributed by atoms with van der Waals surface area (Å²) in [5, 5.41) is 4.17. The molecule has 1 atom stereocenters. The van der Waals surface area contributed by atoms with Gasteiger partial charge in [-0.05, 0) is 31.6 Å². The van der Waals surface area contributed by atoms with Gasteiger partial charge in [0.1, 0.15) is 5.78 Å². The van der Waals surface area contributed by atoms with Crippen LogP contribution in [0.3, 0.4) is 0 Å². The number of hydrogen-bond acceptors (Lipinski definition) is 5. The van der Waals surface area contributed by atoms with E-state index in [0.717, 1.165) is 45.1 Å². The fraction of sp³-hybridized carbons (Fsp3) is 0.789. The van der Waals surface area contributed by atoms with E-state index in [4.69, 9.17) is 4.52 Å². The number of rotatable bonds is 4. The normalized spacial score (nSPS) is 23.1. The maximum atomic E-state index is 13.0. The van der Waals surface area contributed by atoms with Gasteiger partial charge in [-0.1, -0.05) is 31.8 Å². The molecule has 1 aliphatic carbocycles. The van der Waals surface area contributed by atoms with Gasteiger partial charge in [0.15, 0.2) is 5.82 Å². The predicted molar refractivity (Wildman–Crippen MR) is 92.9 cm³/mol. The van der Waals surface area contributed by atoms with Crippen molar-refractivity contribution < 1.29 is 14.1 Å². The highest BCUT2D eigenvalue weighted by Crippen LogP contribution is 2.32. The molecule has 2 heterocycles. The third-order valence-corrected chi connectivity index (χ3v) is 5.45. The van der Waals surface area contributed by atoms with Crippen LogP contribution in [0.1, 0.15) is 95.3 Å². The van der Waals surface area contributed by atoms with Crippen molar-refractivity contribution in [2.45, 2.75) is 83.6 Å². The summed E-state index contributed by atoms with van der Waals surface area (Å²) in [7, 11) is 0. The van der Waals surface area contributed by atoms with E-state index in [1.54, 1.807) is 0 Å². The van der Waals surface area contributed by atoms with Crippen molar-refractivity contribution in [2.75, 3.05) is 6.54 Å². The maximum Gasteiger partial charge on any atom is 0.229 e. The zero-order valence-corrected chi connectivity index (χ0v) is 15.4. The summed E-state index contributed by atoms with van der Waals surface area (Å²) in [5.74, 6) is 2.34. The second-order valence-corrected chi connectivity index (χ2v) is 7.78. The van der Waals surface area contributed by atoms with E-state index in [2.05, 4.69) is 10.1 Å². The minimum Gasteiger partial charge on any atom is -0.339 e. The van der Waals surface area contributed by atoms with E-state index in [1.165, 1.54) is 0 Å². The molecule has 25 heavy (non-hydrogen) atoms. The molecule has 0 radical (unpaired) electrons. The first-order valence-corrected chi connectivity index (χ1v) is 9.69. The lowest BCUT2D eigenvalue weighted by Gasteiger charge is -2.30. The number of nitrogens with zero attached hydrogens (tertiary/aromatic N) is 3. The molecular weight excluding hydrogens is 318 g/mol. The Balaban J connectivity index is 1.70. The second kappa shape index (κ2) is 8.11. The Labute approximate surface area is 149 Å². The van der Waals surface area contributed by atoms with Crippen LogP contribution in [0.2, 0.25) is 0 Å². The summed E-state index contributed by atoms with van der Waals surface area (Å²) >= 11 is 0. The molecule has 1 amide bonds. The molecule has 1 saturated carbocycles. The van der Waals surface area contributed by atoms with Crippen molar-refractivity contribution in [3.63, 3.8) is 0 Å². The number of aromatic nitrogens is 2. The average Bonchev–Trinajstić information content (AvgIpc) is 2.95. The van der Waals surface area contributed by atoms with E-state index in [-0.39, 0.29) is 17.9 Å². The van der Waals surface area contributed by atoms with Crippen molar-refractivity contribution in [2.24, 2.45) is 5.92 Å². The smallest absolute Gasteiger partial charge is 0.229 e. The Morgan fingerprint density at radius 2 is 1.96 bits per heavy atom. The maximum absolute atomic E-state index is 13.0. The van der Waals surface area contributed by atoms with Crippen LogP contribution < -0.4 is 0 Å². The molecule has 3 rings (SSSR count). The molecule has 0 N–H and O–H groups in total. The highest BCUT2D eigenvalue weighted by Gasteiger charge is 2.32. The quantitative estimate of drug-likeness (QED) is 0.828. The highest BCUT2D eigenvalue weighted by atomic mass is 16.5. The summed E-state index contributed by atoms with van der Waals surface area (Å²) < 4.78 is 5.37. The standard InChI is InChI=1S/C19H29N3O3/c1-13(2)19-20-18(21-25-19)16-6-4-3-5-11-22(16)17(24)12-14-7-9-15(23)10-8-14/h13-14,16H,3-12H2,1-2H3. The molecule has 2 fully saturated rings. The minimum atomic E-state index is -0.0727. The highest BCUT2D eigenvalue weighted by molar-refractivity contribution is 5.80. The monoisotopic (exact) mass is 347 g/mol. The molecule has 1 saturated heterocycles. The van der Waals surface area contributed by atoms with Crippen molar-refractivity contribution in [1.82, 2.24) is 15.0 Å². The van der Waals surface area contributed by atoms with Gasteiger partial charge in [-0.2, -0.15) is 4.98 Å². The molecule has 0 spiro atoms. The Bertz CT molecular complexity index is 601. The molecule has 1 unspecified atom stereocenters. The van der Waals surface area contributed by atoms with E-state index in [9.17, 15) is 9.59 Å². The van der Waals surface area contributed by atoms with E-state index < -0.39 is 0 Å². The molecule has 0 aromatic carbocycles. The molecule has 0 bridgehead atoms. The summed E-state index contributed by atoms with van der Waals surface area (Å²) in [6, 6.07) is -0.0727. The van der Waals surface area contributed by atoms with Gasteiger partial charge in [-0.25, -0.2) is 0 Å². The van der Waals surface area contributed by atoms with Crippen LogP contribution in [-0.2, 0) is 9.59 Å². The molecule has 2 aliphatic rings. The van der Waals surface area contributed by atoms with Crippen molar-refractivity contribution in [1.29, 1.82) is 0 Å². The Kier molecular flexibility index (Phi) is 5.86. The van der Waals surface area contributed by atoms with Crippen LogP contribution in [0.25, 0.3) is 0 Å². The molecular formula is C19H29N3O3. The summed E-state index contributed by atoms with van der Waals surface area (Å²) in [4.78, 5) is 30.9. The predicted octanol–water partition coefficient (Wildman–Crippen LogP) is 3.79. The van der Waals surface area contributed by atoms with Gasteiger partial charge in [0.2, 0.25) is 11.8 Å². The first-order valence-electron chi connectivity index (χ1n) is 9.69. The third-order valence-electron chi connectivity index (χ3n) is 5.45. The zero-order valence-electron chi connectivity index (χ0n) is 15.4. The SMILES string of the molecule is CC(C)c1nc(C2CCCCCN2C(=O)CC2CCC(=O)CC2)no1. The topological polar surface area (TPSA) is 76.3 Å². The van der Waals surface area contributed by atoms with Gasteiger partial charge in [-0.15, -0.1) is 0 Å². The van der Waals surface area contributed by atoms with Gasteiger partial charge < -0.3 is 9.42 Å². The molecule has 1 aromatic heterocycles. The Morgan fingerprint density at radius 1 is 1.20 bits per heavy atom. The number of Topliss-reactive ketones (excluding diaryl/α,β-unsaturated/α-hetero) is 1. The van der Waals surface area contributed by atoms with Crippen LogP contribution in [0.4, 0.5) is 0 Å². The Morgan fingerprint density at radius 3 is 2.64 bits per heavy atom. The van der Waals surface area contributed by atoms with Gasteiger partial charge >= 0.3 is 0 Å². The fourth-order valence-corrected chi connectivity index (χ4v) is 3.86. The van der Waals surface area contributed by atoms with Crippen LogP contribution >= 0.6 is 0 Å². The number of carbonyl (C=O) groups is 2. The number of hydrogen-bond donors (Lipinski definition) is 0. The largest absolute Gasteiger partial charge is 0.339 e. The van der Waals surface area contributed by atoms with Gasteiger partial charge in [0, 0.05) is 31.7 Å². The number of carbonyl (C=O) groups excluding carboxylic acids is 2. The summed E-state index contributed by atoms with van der Waals surface area (Å²) in [6.45, 7) is 4.82. The van der Waals surface area contributed by atoms with Crippen LogP contribution in [-0.4, -0.2) is 33.3 Å². The summed E-state index contributed by atoms with van der Waals surface area (Å²) in [5.41, 5.74) is 0. The van der Waals surface area contributed by atoms with E-state index in [1.807, 2.05) is 18.7 Å². The number of ketones is 1. The average molecular weight is 347 g/mol. The van der Waals surface area contributed by atoms with Gasteiger partial charge in [0.05, 0.1) is 6.04 Å². The molecule has 6 heteroatoms. The summed E-state index contributed by atoms with van der Waals surface area (Å²) in [6.07, 6.45) is 7.63. The molecule has 1 aliphatic heterocycles. The lowest BCUT2D eigenvalue weighted by atomic mass is 9.86. The third kappa shape index (κ3) is 4.47. The van der Waals surface area contributed by atoms with Crippen LogP contribution in [0.15, 0.2) is 4.52 Å².